The maximum Gasteiger partial charge on any atom is 0.255 e. The molecule has 1 amide bonds. The van der Waals surface area contributed by atoms with Gasteiger partial charge in [0, 0.05) is 30.7 Å². The zero-order chi connectivity index (χ0) is 26.9. The van der Waals surface area contributed by atoms with Crippen LogP contribution in [0.15, 0.2) is 47.4 Å². The number of unbranched alkanes of at least 4 members (excludes halogenated alkanes) is 3. The number of sulfone groups is 1. The first kappa shape index (κ1) is 31.4. The van der Waals surface area contributed by atoms with Crippen LogP contribution in [0.1, 0.15) is 48.0 Å². The van der Waals surface area contributed by atoms with Gasteiger partial charge in [-0.15, -0.1) is 11.6 Å². The lowest BCUT2D eigenvalue weighted by Gasteiger charge is -2.10. The SMILES string of the molecule is COc1ccc(Cl)cc1C(=O)NCCc1ccc(S(=O)(=O)CCCOCCOCCCCCCCl)cc1. The minimum atomic E-state index is -3.39. The predicted molar refractivity (Wildman–Crippen MR) is 148 cm³/mol. The van der Waals surface area contributed by atoms with Crippen molar-refractivity contribution in [3.8, 4) is 5.75 Å². The Balaban J connectivity index is 1.64. The molecule has 0 aliphatic heterocycles. The third kappa shape index (κ3) is 12.0. The standard InChI is InChI=1S/C27H37Cl2NO6S/c1-34-26-12-9-23(29)21-25(26)27(31)30-15-13-22-7-10-24(11-8-22)37(32,33)20-6-17-36-19-18-35-16-5-3-2-4-14-28/h7-12,21H,2-6,13-20H2,1H3,(H,30,31). The van der Waals surface area contributed by atoms with Crippen LogP contribution in [0.3, 0.4) is 0 Å². The summed E-state index contributed by atoms with van der Waals surface area (Å²) in [6.07, 6.45) is 5.27. The van der Waals surface area contributed by atoms with Crippen molar-refractivity contribution in [3.63, 3.8) is 0 Å². The number of carbonyl (C=O) groups excluding carboxylic acids is 1. The fourth-order valence-corrected chi connectivity index (χ4v) is 5.23. The maximum atomic E-state index is 12.6. The minimum Gasteiger partial charge on any atom is -0.496 e. The van der Waals surface area contributed by atoms with Crippen LogP contribution in [0.5, 0.6) is 5.75 Å². The lowest BCUT2D eigenvalue weighted by atomic mass is 10.1. The number of methoxy groups -OCH3 is 1. The lowest BCUT2D eigenvalue weighted by Crippen LogP contribution is -2.26. The Kier molecular flexibility index (Phi) is 15.0. The highest BCUT2D eigenvalue weighted by molar-refractivity contribution is 7.91. The van der Waals surface area contributed by atoms with E-state index in [4.69, 9.17) is 37.4 Å². The Labute approximate surface area is 230 Å². The van der Waals surface area contributed by atoms with E-state index in [2.05, 4.69) is 5.32 Å². The fraction of sp³-hybridized carbons (Fsp3) is 0.519. The molecular weight excluding hydrogens is 537 g/mol. The van der Waals surface area contributed by atoms with Crippen LogP contribution in [0, 0.1) is 0 Å². The number of nitrogens with one attached hydrogen (secondary N) is 1. The number of hydrogen-bond acceptors (Lipinski definition) is 6. The summed E-state index contributed by atoms with van der Waals surface area (Å²) in [5.74, 6) is 0.884. The van der Waals surface area contributed by atoms with Crippen LogP contribution in [-0.4, -0.2) is 66.0 Å². The van der Waals surface area contributed by atoms with Gasteiger partial charge in [0.15, 0.2) is 9.84 Å². The molecule has 0 bridgehead atoms. The van der Waals surface area contributed by atoms with Crippen molar-refractivity contribution < 1.29 is 27.4 Å². The first-order chi connectivity index (χ1) is 17.9. The third-order valence-electron chi connectivity index (χ3n) is 5.63. The molecule has 0 heterocycles. The summed E-state index contributed by atoms with van der Waals surface area (Å²) in [6.45, 7) is 2.43. The molecule has 0 atom stereocenters. The molecule has 7 nitrogen and oxygen atoms in total. The molecule has 2 rings (SSSR count). The second-order valence-corrected chi connectivity index (χ2v) is 11.4. The Hall–Kier alpha value is -1.84. The lowest BCUT2D eigenvalue weighted by molar-refractivity contribution is 0.0467. The van der Waals surface area contributed by atoms with E-state index in [0.29, 0.717) is 68.0 Å². The second kappa shape index (κ2) is 17.6. The summed E-state index contributed by atoms with van der Waals surface area (Å²) in [7, 11) is -1.90. The van der Waals surface area contributed by atoms with Crippen molar-refractivity contribution in [3.05, 3.63) is 58.6 Å². The summed E-state index contributed by atoms with van der Waals surface area (Å²) in [6, 6.07) is 11.6. The molecule has 1 N–H and O–H groups in total. The van der Waals surface area contributed by atoms with Gasteiger partial charge in [0.05, 0.1) is 36.5 Å². The molecular formula is C27H37Cl2NO6S. The summed E-state index contributed by atoms with van der Waals surface area (Å²) >= 11 is 11.6. The summed E-state index contributed by atoms with van der Waals surface area (Å²) in [5.41, 5.74) is 1.28. The Morgan fingerprint density at radius 3 is 2.24 bits per heavy atom. The smallest absolute Gasteiger partial charge is 0.255 e. The zero-order valence-electron chi connectivity index (χ0n) is 21.3. The highest BCUT2D eigenvalue weighted by Gasteiger charge is 2.15. The minimum absolute atomic E-state index is 0.0191. The van der Waals surface area contributed by atoms with Crippen LogP contribution >= 0.6 is 23.2 Å². The van der Waals surface area contributed by atoms with E-state index in [1.54, 1.807) is 42.5 Å². The first-order valence-electron chi connectivity index (χ1n) is 12.5. The molecule has 0 radical (unpaired) electrons. The number of hydrogen-bond donors (Lipinski definition) is 1. The van der Waals surface area contributed by atoms with Crippen molar-refractivity contribution in [2.45, 2.75) is 43.4 Å². The summed E-state index contributed by atoms with van der Waals surface area (Å²) in [4.78, 5) is 12.7. The van der Waals surface area contributed by atoms with E-state index >= 15 is 0 Å². The van der Waals surface area contributed by atoms with Crippen molar-refractivity contribution in [1.82, 2.24) is 5.32 Å². The van der Waals surface area contributed by atoms with Crippen molar-refractivity contribution in [2.24, 2.45) is 0 Å². The molecule has 0 fully saturated rings. The molecule has 37 heavy (non-hydrogen) atoms. The van der Waals surface area contributed by atoms with E-state index in [-0.39, 0.29) is 16.6 Å². The first-order valence-corrected chi connectivity index (χ1v) is 15.1. The predicted octanol–water partition coefficient (Wildman–Crippen LogP) is 5.32. The molecule has 10 heteroatoms. The maximum absolute atomic E-state index is 12.6. The Morgan fingerprint density at radius 2 is 1.57 bits per heavy atom. The monoisotopic (exact) mass is 573 g/mol. The molecule has 206 valence electrons. The van der Waals surface area contributed by atoms with Gasteiger partial charge < -0.3 is 19.5 Å². The molecule has 0 aliphatic carbocycles. The topological polar surface area (TPSA) is 90.9 Å². The van der Waals surface area contributed by atoms with Gasteiger partial charge in [-0.05, 0) is 61.6 Å². The van der Waals surface area contributed by atoms with Gasteiger partial charge in [0.1, 0.15) is 5.75 Å². The average Bonchev–Trinajstić information content (AvgIpc) is 2.89. The van der Waals surface area contributed by atoms with Crippen LogP contribution in [0.4, 0.5) is 0 Å². The molecule has 2 aromatic rings. The number of amides is 1. The van der Waals surface area contributed by atoms with Gasteiger partial charge >= 0.3 is 0 Å². The Morgan fingerprint density at radius 1 is 0.892 bits per heavy atom. The molecule has 0 aliphatic rings. The normalized spacial score (nSPS) is 11.4. The Bertz CT molecular complexity index is 1050. The second-order valence-electron chi connectivity index (χ2n) is 8.49. The van der Waals surface area contributed by atoms with Gasteiger partial charge in [-0.1, -0.05) is 36.6 Å². The third-order valence-corrected chi connectivity index (χ3v) is 7.95. The van der Waals surface area contributed by atoms with Gasteiger partial charge in [-0.3, -0.25) is 4.79 Å². The highest BCUT2D eigenvalue weighted by Crippen LogP contribution is 2.22. The number of ether oxygens (including phenoxy) is 3. The molecule has 0 saturated heterocycles. The van der Waals surface area contributed by atoms with E-state index < -0.39 is 9.84 Å². The van der Waals surface area contributed by atoms with E-state index in [1.165, 1.54) is 7.11 Å². The quantitative estimate of drug-likeness (QED) is 0.181. The van der Waals surface area contributed by atoms with Crippen LogP contribution in [0.25, 0.3) is 0 Å². The van der Waals surface area contributed by atoms with Crippen molar-refractivity contribution in [2.75, 3.05) is 51.7 Å². The van der Waals surface area contributed by atoms with Crippen molar-refractivity contribution >= 4 is 38.9 Å². The fourth-order valence-electron chi connectivity index (χ4n) is 3.58. The summed E-state index contributed by atoms with van der Waals surface area (Å²) in [5, 5.41) is 3.28. The molecule has 0 unspecified atom stereocenters. The van der Waals surface area contributed by atoms with E-state index in [0.717, 1.165) is 31.2 Å². The number of alkyl halides is 1. The van der Waals surface area contributed by atoms with Crippen LogP contribution in [-0.2, 0) is 25.7 Å². The number of rotatable bonds is 19. The molecule has 0 saturated carbocycles. The number of halogens is 2. The average molecular weight is 575 g/mol. The molecule has 2 aromatic carbocycles. The zero-order valence-corrected chi connectivity index (χ0v) is 23.7. The van der Waals surface area contributed by atoms with Crippen molar-refractivity contribution in [1.29, 1.82) is 0 Å². The highest BCUT2D eigenvalue weighted by atomic mass is 35.5. The van der Waals surface area contributed by atoms with E-state index in [9.17, 15) is 13.2 Å². The largest absolute Gasteiger partial charge is 0.496 e. The van der Waals surface area contributed by atoms with Gasteiger partial charge in [-0.2, -0.15) is 0 Å². The van der Waals surface area contributed by atoms with Crippen LogP contribution < -0.4 is 10.1 Å². The molecule has 0 aromatic heterocycles. The van der Waals surface area contributed by atoms with Gasteiger partial charge in [0.2, 0.25) is 0 Å². The number of carbonyl (C=O) groups is 1. The van der Waals surface area contributed by atoms with Crippen LogP contribution in [0.2, 0.25) is 5.02 Å². The summed E-state index contributed by atoms with van der Waals surface area (Å²) < 4.78 is 41.4. The van der Waals surface area contributed by atoms with Gasteiger partial charge in [0.25, 0.3) is 5.91 Å². The molecule has 0 spiro atoms. The van der Waals surface area contributed by atoms with Gasteiger partial charge in [-0.25, -0.2) is 8.42 Å². The number of benzene rings is 2. The van der Waals surface area contributed by atoms with E-state index in [1.807, 2.05) is 0 Å².